The van der Waals surface area contributed by atoms with Gasteiger partial charge in [0.15, 0.2) is 0 Å². The summed E-state index contributed by atoms with van der Waals surface area (Å²) in [5.41, 5.74) is 0.486. The second kappa shape index (κ2) is 5.00. The summed E-state index contributed by atoms with van der Waals surface area (Å²) in [7, 11) is 1.52. The molecule has 102 valence electrons. The minimum atomic E-state index is -2.04. The maximum Gasteiger partial charge on any atom is 0.348 e. The zero-order valence-corrected chi connectivity index (χ0v) is 13.6. The topological polar surface area (TPSA) is 21.7 Å². The summed E-state index contributed by atoms with van der Waals surface area (Å²) in [4.78, 5) is 2.60. The van der Waals surface area contributed by atoms with Gasteiger partial charge < -0.3 is 8.85 Å². The van der Waals surface area contributed by atoms with Crippen molar-refractivity contribution < 1.29 is 8.85 Å². The second-order valence-electron chi connectivity index (χ2n) is 6.61. The van der Waals surface area contributed by atoms with Gasteiger partial charge in [0.05, 0.1) is 0 Å². The highest BCUT2D eigenvalue weighted by atomic mass is 28.4. The van der Waals surface area contributed by atoms with E-state index in [0.717, 1.165) is 6.17 Å². The van der Waals surface area contributed by atoms with Crippen molar-refractivity contribution in [3.8, 4) is 0 Å². The van der Waals surface area contributed by atoms with Crippen molar-refractivity contribution in [2.24, 2.45) is 0 Å². The Morgan fingerprint density at radius 3 is 1.76 bits per heavy atom. The minimum Gasteiger partial charge on any atom is -0.397 e. The average molecular weight is 259 g/mol. The van der Waals surface area contributed by atoms with Gasteiger partial charge in [0.1, 0.15) is 0 Å². The van der Waals surface area contributed by atoms with Crippen LogP contribution in [0.25, 0.3) is 0 Å². The summed E-state index contributed by atoms with van der Waals surface area (Å²) in [5, 5.41) is 0. The van der Waals surface area contributed by atoms with Crippen molar-refractivity contribution in [3.63, 3.8) is 0 Å². The zero-order chi connectivity index (χ0) is 13.3. The molecule has 0 radical (unpaired) electrons. The quantitative estimate of drug-likeness (QED) is 0.725. The molecular weight excluding hydrogens is 230 g/mol. The van der Waals surface area contributed by atoms with Crippen LogP contribution in [0.3, 0.4) is 0 Å². The molecule has 0 N–H and O–H groups in total. The van der Waals surface area contributed by atoms with Crippen LogP contribution >= 0.6 is 0 Å². The first-order valence-electron chi connectivity index (χ1n) is 6.55. The SMILES string of the molecule is CO[Si](C)(CN1C(C)(C)CCCC1(C)C)OC. The molecule has 0 spiro atoms. The number of hydrogen-bond acceptors (Lipinski definition) is 3. The van der Waals surface area contributed by atoms with Crippen molar-refractivity contribution in [2.45, 2.75) is 64.6 Å². The van der Waals surface area contributed by atoms with E-state index in [0.29, 0.717) is 0 Å². The van der Waals surface area contributed by atoms with E-state index in [2.05, 4.69) is 39.1 Å². The predicted octanol–water partition coefficient (Wildman–Crippen LogP) is 2.93. The molecule has 4 heteroatoms. The number of rotatable bonds is 4. The highest BCUT2D eigenvalue weighted by Gasteiger charge is 2.46. The fourth-order valence-corrected chi connectivity index (χ4v) is 4.83. The monoisotopic (exact) mass is 259 g/mol. The predicted molar refractivity (Wildman–Crippen MR) is 74.4 cm³/mol. The lowest BCUT2D eigenvalue weighted by atomic mass is 9.80. The number of nitrogens with zero attached hydrogens (tertiary/aromatic N) is 1. The van der Waals surface area contributed by atoms with Crippen molar-refractivity contribution in [1.29, 1.82) is 0 Å². The van der Waals surface area contributed by atoms with E-state index < -0.39 is 8.56 Å². The van der Waals surface area contributed by atoms with Crippen LogP contribution in [0.4, 0.5) is 0 Å². The average Bonchev–Trinajstić information content (AvgIpc) is 2.23. The number of piperidine rings is 1. The van der Waals surface area contributed by atoms with Crippen LogP contribution in [0.15, 0.2) is 0 Å². The van der Waals surface area contributed by atoms with Gasteiger partial charge in [-0.05, 0) is 53.5 Å². The van der Waals surface area contributed by atoms with Crippen molar-refractivity contribution in [1.82, 2.24) is 4.90 Å². The van der Waals surface area contributed by atoms with E-state index in [-0.39, 0.29) is 11.1 Å². The summed E-state index contributed by atoms with van der Waals surface area (Å²) >= 11 is 0. The summed E-state index contributed by atoms with van der Waals surface area (Å²) in [5.74, 6) is 0. The summed E-state index contributed by atoms with van der Waals surface area (Å²) in [6.45, 7) is 11.5. The molecule has 1 rings (SSSR count). The van der Waals surface area contributed by atoms with Crippen LogP contribution in [0.1, 0.15) is 47.0 Å². The summed E-state index contributed by atoms with van der Waals surface area (Å²) in [6, 6.07) is 0. The van der Waals surface area contributed by atoms with Crippen molar-refractivity contribution in [3.05, 3.63) is 0 Å². The number of likely N-dealkylation sites (tertiary alicyclic amines) is 1. The minimum absolute atomic E-state index is 0.243. The molecule has 1 saturated heterocycles. The molecule has 1 aliphatic heterocycles. The molecule has 0 amide bonds. The first kappa shape index (κ1) is 15.2. The van der Waals surface area contributed by atoms with Crippen molar-refractivity contribution >= 4 is 8.56 Å². The van der Waals surface area contributed by atoms with Gasteiger partial charge in [-0.25, -0.2) is 0 Å². The third-order valence-electron chi connectivity index (χ3n) is 4.35. The lowest BCUT2D eigenvalue weighted by Crippen LogP contribution is -2.64. The third kappa shape index (κ3) is 3.31. The van der Waals surface area contributed by atoms with Crippen LogP contribution in [0.5, 0.6) is 0 Å². The largest absolute Gasteiger partial charge is 0.397 e. The standard InChI is InChI=1S/C13H29NO2Si/c1-12(2)9-8-10-13(3,4)14(12)11-17(7,15-5)16-6/h8-11H2,1-7H3. The fraction of sp³-hybridized carbons (Fsp3) is 1.00. The van der Waals surface area contributed by atoms with Crippen LogP contribution in [0.2, 0.25) is 6.55 Å². The Morgan fingerprint density at radius 2 is 1.41 bits per heavy atom. The lowest BCUT2D eigenvalue weighted by Gasteiger charge is -2.54. The van der Waals surface area contributed by atoms with Gasteiger partial charge in [-0.2, -0.15) is 0 Å². The first-order chi connectivity index (χ1) is 7.67. The molecule has 1 heterocycles. The highest BCUT2D eigenvalue weighted by molar-refractivity contribution is 6.66. The molecule has 1 fully saturated rings. The molecule has 0 aromatic heterocycles. The molecule has 0 saturated carbocycles. The van der Waals surface area contributed by atoms with Gasteiger partial charge in [0.25, 0.3) is 0 Å². The van der Waals surface area contributed by atoms with E-state index in [9.17, 15) is 0 Å². The normalized spacial score (nSPS) is 24.9. The van der Waals surface area contributed by atoms with Crippen molar-refractivity contribution in [2.75, 3.05) is 20.4 Å². The highest BCUT2D eigenvalue weighted by Crippen LogP contribution is 2.38. The Hall–Kier alpha value is 0.0969. The molecule has 0 aromatic rings. The van der Waals surface area contributed by atoms with Crippen LogP contribution < -0.4 is 0 Å². The zero-order valence-electron chi connectivity index (χ0n) is 12.6. The fourth-order valence-electron chi connectivity index (χ4n) is 2.97. The van der Waals surface area contributed by atoms with E-state index in [1.165, 1.54) is 19.3 Å². The Morgan fingerprint density at radius 1 is 1.00 bits per heavy atom. The van der Waals surface area contributed by atoms with Gasteiger partial charge in [-0.15, -0.1) is 0 Å². The Balaban J connectivity index is 2.90. The van der Waals surface area contributed by atoms with Gasteiger partial charge in [-0.1, -0.05) is 0 Å². The molecule has 0 aliphatic carbocycles. The van der Waals surface area contributed by atoms with Gasteiger partial charge >= 0.3 is 8.56 Å². The lowest BCUT2D eigenvalue weighted by molar-refractivity contribution is -0.0203. The van der Waals surface area contributed by atoms with Crippen LogP contribution in [-0.4, -0.2) is 44.9 Å². The molecule has 0 unspecified atom stereocenters. The molecule has 0 aromatic carbocycles. The molecule has 3 nitrogen and oxygen atoms in total. The third-order valence-corrected chi connectivity index (χ3v) is 6.97. The Labute approximate surface area is 108 Å². The van der Waals surface area contributed by atoms with Gasteiger partial charge in [0.2, 0.25) is 0 Å². The molecular formula is C13H29NO2Si. The Bertz CT molecular complexity index is 246. The smallest absolute Gasteiger partial charge is 0.348 e. The van der Waals surface area contributed by atoms with Gasteiger partial charge in [-0.3, -0.25) is 4.90 Å². The van der Waals surface area contributed by atoms with E-state index in [4.69, 9.17) is 8.85 Å². The molecule has 0 atom stereocenters. The first-order valence-corrected chi connectivity index (χ1v) is 9.07. The van der Waals surface area contributed by atoms with Crippen LogP contribution in [0, 0.1) is 0 Å². The molecule has 1 aliphatic rings. The van der Waals surface area contributed by atoms with Gasteiger partial charge in [0, 0.05) is 31.5 Å². The Kier molecular flexibility index (Phi) is 4.45. The summed E-state index contributed by atoms with van der Waals surface area (Å²) in [6.07, 6.45) is 4.78. The number of hydrogen-bond donors (Lipinski definition) is 0. The summed E-state index contributed by atoms with van der Waals surface area (Å²) < 4.78 is 11.3. The second-order valence-corrected chi connectivity index (χ2v) is 10.0. The maximum absolute atomic E-state index is 5.65. The molecule has 0 bridgehead atoms. The van der Waals surface area contributed by atoms with Crippen LogP contribution in [-0.2, 0) is 8.85 Å². The van der Waals surface area contributed by atoms with E-state index in [1.807, 2.05) is 0 Å². The molecule has 17 heavy (non-hydrogen) atoms. The maximum atomic E-state index is 5.65. The van der Waals surface area contributed by atoms with E-state index in [1.54, 1.807) is 14.2 Å². The van der Waals surface area contributed by atoms with E-state index >= 15 is 0 Å².